The zero-order valence-corrected chi connectivity index (χ0v) is 10.8. The second kappa shape index (κ2) is 4.83. The summed E-state index contributed by atoms with van der Waals surface area (Å²) in [6.07, 6.45) is 4.28. The molecule has 0 saturated carbocycles. The zero-order chi connectivity index (χ0) is 12.4. The van der Waals surface area contributed by atoms with Crippen LogP contribution in [0.15, 0.2) is 12.3 Å². The maximum atomic E-state index is 11.0. The van der Waals surface area contributed by atoms with E-state index in [4.69, 9.17) is 5.73 Å². The van der Waals surface area contributed by atoms with Crippen molar-refractivity contribution in [1.82, 2.24) is 14.5 Å². The summed E-state index contributed by atoms with van der Waals surface area (Å²) in [5.41, 5.74) is 8.60. The molecule has 92 valence electrons. The standard InChI is InChI=1S/C11H16N4OS/c1-8-4-5-13-10-9(8)14-11(12)15(10)6-3-7-17(2)16/h4-5H,3,6-7H2,1-2H3,(H2,12,14). The van der Waals surface area contributed by atoms with Crippen molar-refractivity contribution < 1.29 is 4.21 Å². The minimum Gasteiger partial charge on any atom is -0.369 e. The van der Waals surface area contributed by atoms with Gasteiger partial charge in [0, 0.05) is 35.5 Å². The Bertz CT molecular complexity index is 564. The van der Waals surface area contributed by atoms with Gasteiger partial charge in [0.15, 0.2) is 5.65 Å². The number of rotatable bonds is 4. The molecule has 0 bridgehead atoms. The van der Waals surface area contributed by atoms with Crippen LogP contribution in [0.3, 0.4) is 0 Å². The topological polar surface area (TPSA) is 73.8 Å². The number of nitrogens with two attached hydrogens (primary N) is 1. The van der Waals surface area contributed by atoms with Crippen LogP contribution in [0.5, 0.6) is 0 Å². The van der Waals surface area contributed by atoms with Crippen molar-refractivity contribution >= 4 is 27.9 Å². The lowest BCUT2D eigenvalue weighted by molar-refractivity contribution is 0.669. The Morgan fingerprint density at radius 2 is 2.29 bits per heavy atom. The summed E-state index contributed by atoms with van der Waals surface area (Å²) in [6.45, 7) is 2.69. The van der Waals surface area contributed by atoms with Gasteiger partial charge >= 0.3 is 0 Å². The molecular formula is C11H16N4OS. The van der Waals surface area contributed by atoms with Gasteiger partial charge in [-0.3, -0.25) is 8.78 Å². The number of fused-ring (bicyclic) bond motifs is 1. The predicted octanol–water partition coefficient (Wildman–Crippen LogP) is 1.09. The smallest absolute Gasteiger partial charge is 0.202 e. The molecule has 0 aliphatic heterocycles. The van der Waals surface area contributed by atoms with Gasteiger partial charge in [0.25, 0.3) is 0 Å². The molecule has 0 aliphatic carbocycles. The van der Waals surface area contributed by atoms with Crippen molar-refractivity contribution in [2.75, 3.05) is 17.7 Å². The van der Waals surface area contributed by atoms with E-state index in [1.54, 1.807) is 12.5 Å². The highest BCUT2D eigenvalue weighted by Crippen LogP contribution is 2.18. The third-order valence-corrected chi connectivity index (χ3v) is 3.54. The Morgan fingerprint density at radius 1 is 1.53 bits per heavy atom. The Morgan fingerprint density at radius 3 is 3.00 bits per heavy atom. The minimum atomic E-state index is -0.767. The number of nitrogen functional groups attached to an aromatic ring is 1. The largest absolute Gasteiger partial charge is 0.369 e. The molecule has 0 saturated heterocycles. The van der Waals surface area contributed by atoms with E-state index >= 15 is 0 Å². The molecule has 2 aromatic heterocycles. The Kier molecular flexibility index (Phi) is 3.42. The molecule has 5 nitrogen and oxygen atoms in total. The normalized spacial score (nSPS) is 13.1. The maximum Gasteiger partial charge on any atom is 0.202 e. The van der Waals surface area contributed by atoms with Gasteiger partial charge in [-0.1, -0.05) is 0 Å². The first-order valence-electron chi connectivity index (χ1n) is 5.47. The molecule has 2 heterocycles. The molecule has 2 rings (SSSR count). The van der Waals surface area contributed by atoms with E-state index in [9.17, 15) is 4.21 Å². The van der Waals surface area contributed by atoms with Gasteiger partial charge in [-0.05, 0) is 25.0 Å². The van der Waals surface area contributed by atoms with Crippen LogP contribution in [0.2, 0.25) is 0 Å². The fraction of sp³-hybridized carbons (Fsp3) is 0.455. The van der Waals surface area contributed by atoms with E-state index in [0.29, 0.717) is 18.2 Å². The quantitative estimate of drug-likeness (QED) is 0.884. The SMILES string of the molecule is Cc1ccnc2c1nc(N)n2CCCS(C)=O. The van der Waals surface area contributed by atoms with E-state index in [1.807, 2.05) is 17.6 Å². The van der Waals surface area contributed by atoms with Crippen LogP contribution < -0.4 is 5.73 Å². The molecule has 6 heteroatoms. The average molecular weight is 252 g/mol. The van der Waals surface area contributed by atoms with Crippen LogP contribution in [0, 0.1) is 6.92 Å². The van der Waals surface area contributed by atoms with Crippen LogP contribution in [0.4, 0.5) is 5.95 Å². The van der Waals surface area contributed by atoms with Crippen molar-refractivity contribution in [3.05, 3.63) is 17.8 Å². The molecule has 1 atom stereocenters. The number of anilines is 1. The van der Waals surface area contributed by atoms with Crippen molar-refractivity contribution in [1.29, 1.82) is 0 Å². The number of hydrogen-bond donors (Lipinski definition) is 1. The average Bonchev–Trinajstić information content (AvgIpc) is 2.57. The maximum absolute atomic E-state index is 11.0. The Hall–Kier alpha value is -1.43. The Labute approximate surface area is 103 Å². The third-order valence-electron chi connectivity index (χ3n) is 2.68. The van der Waals surface area contributed by atoms with Crippen molar-refractivity contribution in [3.8, 4) is 0 Å². The Balaban J connectivity index is 2.30. The van der Waals surface area contributed by atoms with Gasteiger partial charge < -0.3 is 5.73 Å². The molecular weight excluding hydrogens is 236 g/mol. The summed E-state index contributed by atoms with van der Waals surface area (Å²) in [5.74, 6) is 1.15. The molecule has 0 aliphatic rings. The highest BCUT2D eigenvalue weighted by molar-refractivity contribution is 7.84. The van der Waals surface area contributed by atoms with Gasteiger partial charge in [-0.25, -0.2) is 9.97 Å². The summed E-state index contributed by atoms with van der Waals surface area (Å²) < 4.78 is 12.9. The monoisotopic (exact) mass is 252 g/mol. The first-order valence-corrected chi connectivity index (χ1v) is 7.19. The third kappa shape index (κ3) is 2.46. The zero-order valence-electron chi connectivity index (χ0n) is 10.0. The van der Waals surface area contributed by atoms with Crippen LogP contribution in [-0.2, 0) is 17.3 Å². The van der Waals surface area contributed by atoms with E-state index in [2.05, 4.69) is 9.97 Å². The number of hydrogen-bond acceptors (Lipinski definition) is 4. The molecule has 0 amide bonds. The number of aromatic nitrogens is 3. The van der Waals surface area contributed by atoms with Crippen LogP contribution in [0.1, 0.15) is 12.0 Å². The summed E-state index contributed by atoms with van der Waals surface area (Å²) in [7, 11) is -0.767. The van der Waals surface area contributed by atoms with Gasteiger partial charge in [0.05, 0.1) is 0 Å². The molecule has 2 N–H and O–H groups in total. The fourth-order valence-electron chi connectivity index (χ4n) is 1.80. The summed E-state index contributed by atoms with van der Waals surface area (Å²) in [6, 6.07) is 1.92. The number of nitrogens with zero attached hydrogens (tertiary/aromatic N) is 3. The summed E-state index contributed by atoms with van der Waals surface area (Å²) >= 11 is 0. The first-order chi connectivity index (χ1) is 8.09. The van der Waals surface area contributed by atoms with E-state index in [1.165, 1.54) is 0 Å². The van der Waals surface area contributed by atoms with Crippen LogP contribution in [0.25, 0.3) is 11.2 Å². The number of aryl methyl sites for hydroxylation is 2. The van der Waals surface area contributed by atoms with E-state index in [-0.39, 0.29) is 0 Å². The molecule has 0 fully saturated rings. The van der Waals surface area contributed by atoms with Gasteiger partial charge in [-0.2, -0.15) is 0 Å². The lowest BCUT2D eigenvalue weighted by Gasteiger charge is -2.04. The van der Waals surface area contributed by atoms with Gasteiger partial charge in [-0.15, -0.1) is 0 Å². The van der Waals surface area contributed by atoms with Crippen molar-refractivity contribution in [3.63, 3.8) is 0 Å². The molecule has 2 aromatic rings. The van der Waals surface area contributed by atoms with E-state index < -0.39 is 10.8 Å². The minimum absolute atomic E-state index is 0.476. The van der Waals surface area contributed by atoms with Gasteiger partial charge in [0.2, 0.25) is 5.95 Å². The fourth-order valence-corrected chi connectivity index (χ4v) is 2.34. The van der Waals surface area contributed by atoms with Crippen LogP contribution in [-0.4, -0.2) is 30.8 Å². The second-order valence-corrected chi connectivity index (χ2v) is 5.61. The molecule has 17 heavy (non-hydrogen) atoms. The molecule has 0 radical (unpaired) electrons. The predicted molar refractivity (Wildman–Crippen MR) is 70.2 cm³/mol. The van der Waals surface area contributed by atoms with Crippen molar-refractivity contribution in [2.24, 2.45) is 0 Å². The van der Waals surface area contributed by atoms with E-state index in [0.717, 1.165) is 23.1 Å². The highest BCUT2D eigenvalue weighted by atomic mass is 32.2. The number of imidazole rings is 1. The van der Waals surface area contributed by atoms with Crippen LogP contribution >= 0.6 is 0 Å². The lowest BCUT2D eigenvalue weighted by Crippen LogP contribution is -2.07. The highest BCUT2D eigenvalue weighted by Gasteiger charge is 2.10. The number of pyridine rings is 1. The first kappa shape index (κ1) is 12.0. The lowest BCUT2D eigenvalue weighted by atomic mass is 10.3. The molecule has 0 aromatic carbocycles. The molecule has 0 spiro atoms. The second-order valence-electron chi connectivity index (χ2n) is 4.05. The summed E-state index contributed by atoms with van der Waals surface area (Å²) in [5, 5.41) is 0. The van der Waals surface area contributed by atoms with Crippen molar-refractivity contribution in [2.45, 2.75) is 19.9 Å². The van der Waals surface area contributed by atoms with Gasteiger partial charge in [0.1, 0.15) is 5.52 Å². The molecule has 1 unspecified atom stereocenters. The summed E-state index contributed by atoms with van der Waals surface area (Å²) in [4.78, 5) is 8.62.